The van der Waals surface area contributed by atoms with E-state index in [1.54, 1.807) is 0 Å². The first kappa shape index (κ1) is 17.8. The molecule has 1 saturated heterocycles. The van der Waals surface area contributed by atoms with Gasteiger partial charge in [0.2, 0.25) is 0 Å². The van der Waals surface area contributed by atoms with Crippen molar-refractivity contribution in [1.82, 2.24) is 10.2 Å². The molecule has 0 aliphatic carbocycles. The van der Waals surface area contributed by atoms with Crippen molar-refractivity contribution in [2.75, 3.05) is 26.2 Å². The molecule has 4 rings (SSSR count). The van der Waals surface area contributed by atoms with Gasteiger partial charge in [-0.05, 0) is 62.1 Å². The molecule has 3 aromatic rings. The number of amides is 1. The summed E-state index contributed by atoms with van der Waals surface area (Å²) in [5.74, 6) is 1.44. The molecule has 0 unspecified atom stereocenters. The van der Waals surface area contributed by atoms with Crippen LogP contribution in [-0.2, 0) is 0 Å². The first-order valence-electron chi connectivity index (χ1n) is 9.75. The maximum absolute atomic E-state index is 12.5. The van der Waals surface area contributed by atoms with E-state index in [9.17, 15) is 4.79 Å². The molecule has 1 N–H and O–H groups in total. The molecule has 4 nitrogen and oxygen atoms in total. The number of aryl methyl sites for hydroxylation is 1. The third kappa shape index (κ3) is 4.22. The fraction of sp³-hybridized carbons (Fsp3) is 0.348. The minimum atomic E-state index is -0.0210. The van der Waals surface area contributed by atoms with Crippen molar-refractivity contribution in [2.24, 2.45) is 0 Å². The van der Waals surface area contributed by atoms with Crippen molar-refractivity contribution in [3.8, 4) is 0 Å². The molecule has 1 aromatic heterocycles. The summed E-state index contributed by atoms with van der Waals surface area (Å²) in [6, 6.07) is 18.3. The molecule has 2 aromatic carbocycles. The zero-order valence-corrected chi connectivity index (χ0v) is 15.8. The highest BCUT2D eigenvalue weighted by molar-refractivity contribution is 5.97. The summed E-state index contributed by atoms with van der Waals surface area (Å²) < 4.78 is 5.57. The Morgan fingerprint density at radius 1 is 1.19 bits per heavy atom. The summed E-state index contributed by atoms with van der Waals surface area (Å²) in [6.45, 7) is 5.66. The molecule has 0 saturated carbocycles. The van der Waals surface area contributed by atoms with Crippen LogP contribution in [0, 0.1) is 6.92 Å². The number of benzene rings is 2. The summed E-state index contributed by atoms with van der Waals surface area (Å²) in [6.07, 6.45) is 2.46. The maximum Gasteiger partial charge on any atom is 0.251 e. The molecule has 1 atom stereocenters. The van der Waals surface area contributed by atoms with Crippen LogP contribution < -0.4 is 5.32 Å². The molecule has 1 aliphatic rings. The third-order valence-electron chi connectivity index (χ3n) is 5.39. The normalized spacial score (nSPS) is 17.9. The summed E-state index contributed by atoms with van der Waals surface area (Å²) in [7, 11) is 0. The second-order valence-electron chi connectivity index (χ2n) is 7.42. The Hall–Kier alpha value is -2.59. The SMILES string of the molecule is Cc1cc2cc(C(=O)NCCN3CCC[C@H](c4ccccc4)C3)ccc2o1. The van der Waals surface area contributed by atoms with E-state index in [1.807, 2.05) is 31.2 Å². The van der Waals surface area contributed by atoms with Gasteiger partial charge in [-0.1, -0.05) is 30.3 Å². The predicted molar refractivity (Wildman–Crippen MR) is 108 cm³/mol. The predicted octanol–water partition coefficient (Wildman–Crippen LogP) is 4.35. The quantitative estimate of drug-likeness (QED) is 0.734. The number of likely N-dealkylation sites (tertiary alicyclic amines) is 1. The number of fused-ring (bicyclic) bond motifs is 1. The van der Waals surface area contributed by atoms with Crippen LogP contribution >= 0.6 is 0 Å². The molecule has 0 bridgehead atoms. The maximum atomic E-state index is 12.5. The van der Waals surface area contributed by atoms with Crippen molar-refractivity contribution in [3.63, 3.8) is 0 Å². The van der Waals surface area contributed by atoms with Gasteiger partial charge < -0.3 is 14.6 Å². The van der Waals surface area contributed by atoms with Crippen LogP contribution in [0.25, 0.3) is 11.0 Å². The van der Waals surface area contributed by atoms with Crippen molar-refractivity contribution < 1.29 is 9.21 Å². The number of piperidine rings is 1. The summed E-state index contributed by atoms with van der Waals surface area (Å²) in [4.78, 5) is 14.9. The molecule has 1 amide bonds. The zero-order chi connectivity index (χ0) is 18.6. The van der Waals surface area contributed by atoms with Crippen molar-refractivity contribution in [1.29, 1.82) is 0 Å². The number of nitrogens with zero attached hydrogens (tertiary/aromatic N) is 1. The van der Waals surface area contributed by atoms with Crippen LogP contribution in [0.15, 0.2) is 59.0 Å². The van der Waals surface area contributed by atoms with Gasteiger partial charge in [-0.2, -0.15) is 0 Å². The molecule has 0 radical (unpaired) electrons. The van der Waals surface area contributed by atoms with Gasteiger partial charge in [-0.15, -0.1) is 0 Å². The number of hydrogen-bond donors (Lipinski definition) is 1. The minimum absolute atomic E-state index is 0.0210. The lowest BCUT2D eigenvalue weighted by Crippen LogP contribution is -2.40. The number of carbonyl (C=O) groups is 1. The summed E-state index contributed by atoms with van der Waals surface area (Å²) in [5, 5.41) is 4.04. The highest BCUT2D eigenvalue weighted by Gasteiger charge is 2.21. The zero-order valence-electron chi connectivity index (χ0n) is 15.8. The molecule has 140 valence electrons. The van der Waals surface area contributed by atoms with E-state index in [-0.39, 0.29) is 5.91 Å². The Morgan fingerprint density at radius 3 is 2.89 bits per heavy atom. The Kier molecular flexibility index (Phi) is 5.26. The van der Waals surface area contributed by atoms with Crippen molar-refractivity contribution in [3.05, 3.63) is 71.5 Å². The molecular weight excluding hydrogens is 336 g/mol. The lowest BCUT2D eigenvalue weighted by Gasteiger charge is -2.33. The molecule has 27 heavy (non-hydrogen) atoms. The van der Waals surface area contributed by atoms with Crippen LogP contribution in [0.4, 0.5) is 0 Å². The summed E-state index contributed by atoms with van der Waals surface area (Å²) in [5.41, 5.74) is 2.93. The van der Waals surface area contributed by atoms with Gasteiger partial charge in [0.25, 0.3) is 5.91 Å². The first-order valence-corrected chi connectivity index (χ1v) is 9.75. The second-order valence-corrected chi connectivity index (χ2v) is 7.42. The minimum Gasteiger partial charge on any atom is -0.461 e. The Bertz CT molecular complexity index is 917. The highest BCUT2D eigenvalue weighted by Crippen LogP contribution is 2.26. The van der Waals surface area contributed by atoms with Crippen LogP contribution in [-0.4, -0.2) is 37.0 Å². The molecule has 2 heterocycles. The molecule has 4 heteroatoms. The van der Waals surface area contributed by atoms with E-state index in [0.717, 1.165) is 36.4 Å². The van der Waals surface area contributed by atoms with Gasteiger partial charge >= 0.3 is 0 Å². The van der Waals surface area contributed by atoms with Gasteiger partial charge in [-0.3, -0.25) is 4.79 Å². The third-order valence-corrected chi connectivity index (χ3v) is 5.39. The molecular formula is C23H26N2O2. The van der Waals surface area contributed by atoms with Gasteiger partial charge in [-0.25, -0.2) is 0 Å². The van der Waals surface area contributed by atoms with Crippen LogP contribution in [0.2, 0.25) is 0 Å². The van der Waals surface area contributed by atoms with Crippen LogP contribution in [0.5, 0.6) is 0 Å². The van der Waals surface area contributed by atoms with Crippen molar-refractivity contribution in [2.45, 2.75) is 25.7 Å². The van der Waals surface area contributed by atoms with E-state index in [4.69, 9.17) is 4.42 Å². The number of nitrogens with one attached hydrogen (secondary N) is 1. The number of carbonyl (C=O) groups excluding carboxylic acids is 1. The van der Waals surface area contributed by atoms with E-state index >= 15 is 0 Å². The van der Waals surface area contributed by atoms with Crippen LogP contribution in [0.1, 0.15) is 40.4 Å². The van der Waals surface area contributed by atoms with Crippen LogP contribution in [0.3, 0.4) is 0 Å². The van der Waals surface area contributed by atoms with E-state index in [1.165, 1.54) is 18.4 Å². The lowest BCUT2D eigenvalue weighted by atomic mass is 9.91. The van der Waals surface area contributed by atoms with E-state index in [2.05, 4.69) is 40.5 Å². The average Bonchev–Trinajstić information content (AvgIpc) is 3.08. The van der Waals surface area contributed by atoms with E-state index in [0.29, 0.717) is 18.0 Å². The fourth-order valence-corrected chi connectivity index (χ4v) is 4.00. The average molecular weight is 362 g/mol. The number of hydrogen-bond acceptors (Lipinski definition) is 3. The number of rotatable bonds is 5. The smallest absolute Gasteiger partial charge is 0.251 e. The second kappa shape index (κ2) is 7.97. The summed E-state index contributed by atoms with van der Waals surface area (Å²) >= 11 is 0. The van der Waals surface area contributed by atoms with Gasteiger partial charge in [0.05, 0.1) is 0 Å². The molecule has 0 spiro atoms. The van der Waals surface area contributed by atoms with E-state index < -0.39 is 0 Å². The standard InChI is InChI=1S/C23H26N2O2/c1-17-14-21-15-19(9-10-22(21)27-17)23(26)24-11-13-25-12-5-8-20(16-25)18-6-3-2-4-7-18/h2-4,6-7,9-10,14-15,20H,5,8,11-13,16H2,1H3,(H,24,26)/t20-/m0/s1. The topological polar surface area (TPSA) is 45.5 Å². The lowest BCUT2D eigenvalue weighted by molar-refractivity contribution is 0.0945. The first-order chi connectivity index (χ1) is 13.2. The Balaban J connectivity index is 1.30. The van der Waals surface area contributed by atoms with Gasteiger partial charge in [0, 0.05) is 30.6 Å². The van der Waals surface area contributed by atoms with Gasteiger partial charge in [0.1, 0.15) is 11.3 Å². The Morgan fingerprint density at radius 2 is 2.04 bits per heavy atom. The highest BCUT2D eigenvalue weighted by atomic mass is 16.3. The van der Waals surface area contributed by atoms with Gasteiger partial charge in [0.15, 0.2) is 0 Å². The molecule has 1 fully saturated rings. The Labute approximate surface area is 160 Å². The monoisotopic (exact) mass is 362 g/mol. The number of furan rings is 1. The molecule has 1 aliphatic heterocycles. The largest absolute Gasteiger partial charge is 0.461 e. The van der Waals surface area contributed by atoms with Crippen molar-refractivity contribution >= 4 is 16.9 Å². The fourth-order valence-electron chi connectivity index (χ4n) is 4.00.